The van der Waals surface area contributed by atoms with E-state index in [1.54, 1.807) is 6.92 Å². The molecule has 2 rings (SSSR count). The molecule has 0 unspecified atom stereocenters. The number of esters is 1. The van der Waals surface area contributed by atoms with Crippen LogP contribution in [0.15, 0.2) is 0 Å². The van der Waals surface area contributed by atoms with E-state index in [2.05, 4.69) is 17.9 Å². The zero-order valence-corrected chi connectivity index (χ0v) is 12.5. The van der Waals surface area contributed by atoms with Gasteiger partial charge in [-0.05, 0) is 38.2 Å². The monoisotopic (exact) mass is 299 g/mol. The van der Waals surface area contributed by atoms with E-state index in [-0.39, 0.29) is 17.6 Å². The molecule has 0 saturated carbocycles. The molecule has 0 fully saturated rings. The van der Waals surface area contributed by atoms with Crippen LogP contribution in [0.2, 0.25) is 0 Å². The van der Waals surface area contributed by atoms with Gasteiger partial charge in [0.15, 0.2) is 0 Å². The molecule has 104 valence electrons. The number of hydrogen-bond acceptors (Lipinski definition) is 5. The highest BCUT2D eigenvalue weighted by molar-refractivity contribution is 7.81. The number of carbonyl (C=O) groups excluding carboxylic acids is 2. The zero-order valence-electron chi connectivity index (χ0n) is 10.8. The topological polar surface area (TPSA) is 55.4 Å². The third kappa shape index (κ3) is 3.12. The molecule has 1 aromatic rings. The van der Waals surface area contributed by atoms with Crippen molar-refractivity contribution in [2.75, 3.05) is 17.7 Å². The Morgan fingerprint density at radius 3 is 2.79 bits per heavy atom. The fraction of sp³-hybridized carbons (Fsp3) is 0.538. The van der Waals surface area contributed by atoms with Crippen LogP contribution in [0.25, 0.3) is 0 Å². The molecule has 0 saturated heterocycles. The van der Waals surface area contributed by atoms with Crippen molar-refractivity contribution in [1.82, 2.24) is 0 Å². The van der Waals surface area contributed by atoms with E-state index in [9.17, 15) is 9.59 Å². The Labute approximate surface area is 121 Å². The molecule has 6 heteroatoms. The maximum absolute atomic E-state index is 12.1. The Hall–Kier alpha value is -1.01. The van der Waals surface area contributed by atoms with Crippen LogP contribution in [-0.4, -0.2) is 24.2 Å². The lowest BCUT2D eigenvalue weighted by Gasteiger charge is -2.12. The smallest absolute Gasteiger partial charge is 0.341 e. The van der Waals surface area contributed by atoms with Crippen molar-refractivity contribution >= 4 is 40.8 Å². The minimum absolute atomic E-state index is 0.102. The summed E-state index contributed by atoms with van der Waals surface area (Å²) in [6, 6.07) is 0. The van der Waals surface area contributed by atoms with Gasteiger partial charge in [0.05, 0.1) is 17.9 Å². The minimum atomic E-state index is -0.337. The number of ether oxygens (including phenoxy) is 1. The highest BCUT2D eigenvalue weighted by atomic mass is 32.1. The second-order valence-electron chi connectivity index (χ2n) is 4.34. The van der Waals surface area contributed by atoms with Crippen molar-refractivity contribution in [1.29, 1.82) is 0 Å². The van der Waals surface area contributed by atoms with Gasteiger partial charge in [-0.25, -0.2) is 4.79 Å². The van der Waals surface area contributed by atoms with E-state index in [0.29, 0.717) is 17.2 Å². The second kappa shape index (κ2) is 6.43. The van der Waals surface area contributed by atoms with Gasteiger partial charge in [0.2, 0.25) is 5.91 Å². The van der Waals surface area contributed by atoms with Gasteiger partial charge in [-0.3, -0.25) is 4.79 Å². The quantitative estimate of drug-likeness (QED) is 0.664. The summed E-state index contributed by atoms with van der Waals surface area (Å²) in [5.74, 6) is -0.436. The SMILES string of the molecule is CCOC(=O)c1c(NC(=O)CS)sc2c1CCCC2. The number of nitrogens with one attached hydrogen (secondary N) is 1. The van der Waals surface area contributed by atoms with Gasteiger partial charge in [-0.15, -0.1) is 11.3 Å². The maximum Gasteiger partial charge on any atom is 0.341 e. The first kappa shape index (κ1) is 14.4. The number of thiophene rings is 1. The number of rotatable bonds is 4. The first-order valence-electron chi connectivity index (χ1n) is 6.39. The zero-order chi connectivity index (χ0) is 13.8. The largest absolute Gasteiger partial charge is 0.462 e. The normalized spacial score (nSPS) is 13.8. The fourth-order valence-corrected chi connectivity index (χ4v) is 3.61. The molecule has 1 heterocycles. The van der Waals surface area contributed by atoms with Crippen LogP contribution in [-0.2, 0) is 22.4 Å². The predicted molar refractivity (Wildman–Crippen MR) is 79.4 cm³/mol. The lowest BCUT2D eigenvalue weighted by Crippen LogP contribution is -2.16. The van der Waals surface area contributed by atoms with E-state index >= 15 is 0 Å². The van der Waals surface area contributed by atoms with Crippen LogP contribution >= 0.6 is 24.0 Å². The molecular weight excluding hydrogens is 282 g/mol. The van der Waals surface area contributed by atoms with E-state index in [4.69, 9.17) is 4.74 Å². The fourth-order valence-electron chi connectivity index (χ4n) is 2.24. The van der Waals surface area contributed by atoms with Gasteiger partial charge in [0.25, 0.3) is 0 Å². The molecule has 0 bridgehead atoms. The molecule has 0 spiro atoms. The molecule has 4 nitrogen and oxygen atoms in total. The summed E-state index contributed by atoms with van der Waals surface area (Å²) < 4.78 is 5.11. The third-order valence-electron chi connectivity index (χ3n) is 3.05. The predicted octanol–water partition coefficient (Wildman–Crippen LogP) is 2.67. The second-order valence-corrected chi connectivity index (χ2v) is 5.76. The van der Waals surface area contributed by atoms with Crippen molar-refractivity contribution in [2.45, 2.75) is 32.6 Å². The average Bonchev–Trinajstić information content (AvgIpc) is 2.76. The Balaban J connectivity index is 2.37. The molecule has 1 amide bonds. The highest BCUT2D eigenvalue weighted by Gasteiger charge is 2.26. The molecule has 0 aliphatic heterocycles. The van der Waals surface area contributed by atoms with Crippen LogP contribution < -0.4 is 5.32 Å². The molecule has 0 atom stereocenters. The average molecular weight is 299 g/mol. The third-order valence-corrected chi connectivity index (χ3v) is 4.54. The molecule has 0 radical (unpaired) electrons. The molecular formula is C13H17NO3S2. The van der Waals surface area contributed by atoms with Crippen molar-refractivity contribution in [2.24, 2.45) is 0 Å². The number of hydrogen-bond donors (Lipinski definition) is 2. The standard InChI is InChI=1S/C13H17NO3S2/c1-2-17-13(16)11-8-5-3-4-6-9(8)19-12(11)14-10(15)7-18/h18H,2-7H2,1H3,(H,14,15). The van der Waals surface area contributed by atoms with Gasteiger partial charge < -0.3 is 10.1 Å². The molecule has 1 aliphatic carbocycles. The summed E-state index contributed by atoms with van der Waals surface area (Å²) in [5.41, 5.74) is 1.61. The number of fused-ring (bicyclic) bond motifs is 1. The molecule has 0 aromatic carbocycles. The Bertz CT molecular complexity index is 496. The lowest BCUT2D eigenvalue weighted by atomic mass is 9.95. The highest BCUT2D eigenvalue weighted by Crippen LogP contribution is 2.38. The summed E-state index contributed by atoms with van der Waals surface area (Å²) in [5, 5.41) is 3.37. The number of amides is 1. The van der Waals surface area contributed by atoms with E-state index < -0.39 is 0 Å². The van der Waals surface area contributed by atoms with Gasteiger partial charge in [-0.1, -0.05) is 0 Å². The van der Waals surface area contributed by atoms with Crippen molar-refractivity contribution < 1.29 is 14.3 Å². The van der Waals surface area contributed by atoms with Gasteiger partial charge in [0, 0.05) is 4.88 Å². The molecule has 1 aromatic heterocycles. The van der Waals surface area contributed by atoms with Gasteiger partial charge in [0.1, 0.15) is 5.00 Å². The maximum atomic E-state index is 12.1. The summed E-state index contributed by atoms with van der Waals surface area (Å²) >= 11 is 5.43. The number of anilines is 1. The molecule has 1 aliphatic rings. The van der Waals surface area contributed by atoms with Crippen molar-refractivity contribution in [3.63, 3.8) is 0 Å². The summed E-state index contributed by atoms with van der Waals surface area (Å²) in [6.07, 6.45) is 4.08. The summed E-state index contributed by atoms with van der Waals surface area (Å²) in [6.45, 7) is 2.12. The van der Waals surface area contributed by atoms with Crippen LogP contribution in [0.3, 0.4) is 0 Å². The van der Waals surface area contributed by atoms with E-state index in [1.807, 2.05) is 0 Å². The number of aryl methyl sites for hydroxylation is 1. The van der Waals surface area contributed by atoms with Crippen LogP contribution in [0.4, 0.5) is 5.00 Å². The first-order chi connectivity index (χ1) is 9.17. The Morgan fingerprint density at radius 2 is 2.11 bits per heavy atom. The van der Waals surface area contributed by atoms with Crippen molar-refractivity contribution in [3.8, 4) is 0 Å². The van der Waals surface area contributed by atoms with Gasteiger partial charge >= 0.3 is 5.97 Å². The van der Waals surface area contributed by atoms with E-state index in [1.165, 1.54) is 16.2 Å². The van der Waals surface area contributed by atoms with E-state index in [0.717, 1.165) is 31.2 Å². The molecule has 19 heavy (non-hydrogen) atoms. The number of carbonyl (C=O) groups is 2. The van der Waals surface area contributed by atoms with Crippen molar-refractivity contribution in [3.05, 3.63) is 16.0 Å². The minimum Gasteiger partial charge on any atom is -0.462 e. The summed E-state index contributed by atoms with van der Waals surface area (Å²) in [7, 11) is 0. The Kier molecular flexibility index (Phi) is 4.87. The summed E-state index contributed by atoms with van der Waals surface area (Å²) in [4.78, 5) is 24.8. The Morgan fingerprint density at radius 1 is 1.37 bits per heavy atom. The van der Waals surface area contributed by atoms with Gasteiger partial charge in [-0.2, -0.15) is 12.6 Å². The molecule has 1 N–H and O–H groups in total. The van der Waals surface area contributed by atoms with Crippen LogP contribution in [0, 0.1) is 0 Å². The van der Waals surface area contributed by atoms with Crippen LogP contribution in [0.5, 0.6) is 0 Å². The lowest BCUT2D eigenvalue weighted by molar-refractivity contribution is -0.113. The first-order valence-corrected chi connectivity index (χ1v) is 7.84. The number of thiol groups is 1. The van der Waals surface area contributed by atoms with Crippen LogP contribution in [0.1, 0.15) is 40.6 Å².